The van der Waals surface area contributed by atoms with E-state index >= 15 is 0 Å². The molecule has 0 amide bonds. The van der Waals surface area contributed by atoms with Gasteiger partial charge < -0.3 is 19.7 Å². The average Bonchev–Trinajstić information content (AvgIpc) is 3.36. The lowest BCUT2D eigenvalue weighted by Gasteiger charge is -2.34. The van der Waals surface area contributed by atoms with E-state index in [9.17, 15) is 0 Å². The first-order chi connectivity index (χ1) is 15.7. The number of hydrogen-bond donors (Lipinski definition) is 1. The van der Waals surface area contributed by atoms with E-state index in [1.807, 2.05) is 23.2 Å². The molecule has 6 heteroatoms. The van der Waals surface area contributed by atoms with Crippen LogP contribution in [-0.2, 0) is 0 Å². The summed E-state index contributed by atoms with van der Waals surface area (Å²) in [6.45, 7) is 5.07. The number of likely N-dealkylation sites (N-methyl/N-ethyl adjacent to an activating group) is 1. The Bertz CT molecular complexity index is 1130. The van der Waals surface area contributed by atoms with Crippen LogP contribution in [0.5, 0.6) is 0 Å². The summed E-state index contributed by atoms with van der Waals surface area (Å²) in [5, 5.41) is 3.47. The molecule has 1 aromatic heterocycles. The quantitative estimate of drug-likeness (QED) is 0.669. The van der Waals surface area contributed by atoms with E-state index in [2.05, 4.69) is 86.9 Å². The maximum Gasteiger partial charge on any atom is 0.0986 e. The van der Waals surface area contributed by atoms with Crippen molar-refractivity contribution in [2.24, 2.45) is 4.99 Å². The van der Waals surface area contributed by atoms with Crippen LogP contribution < -0.4 is 10.2 Å². The number of nitrogens with zero attached hydrogens (tertiary/aromatic N) is 5. The first-order valence-corrected chi connectivity index (χ1v) is 11.0. The molecule has 5 rings (SSSR count). The maximum atomic E-state index is 4.54. The summed E-state index contributed by atoms with van der Waals surface area (Å²) in [7, 11) is 2.18. The molecule has 1 saturated heterocycles. The van der Waals surface area contributed by atoms with Gasteiger partial charge in [-0.2, -0.15) is 0 Å². The van der Waals surface area contributed by atoms with E-state index in [1.165, 1.54) is 16.8 Å². The highest BCUT2D eigenvalue weighted by Crippen LogP contribution is 2.25. The molecule has 3 aromatic rings. The summed E-state index contributed by atoms with van der Waals surface area (Å²) in [6.07, 6.45) is 13.6. The molecule has 2 aromatic carbocycles. The van der Waals surface area contributed by atoms with Crippen molar-refractivity contribution in [1.82, 2.24) is 14.5 Å². The van der Waals surface area contributed by atoms with Crippen molar-refractivity contribution in [2.75, 3.05) is 50.0 Å². The number of fused-ring (bicyclic) bond motifs is 1. The highest BCUT2D eigenvalue weighted by molar-refractivity contribution is 5.93. The maximum absolute atomic E-state index is 4.54. The Morgan fingerprint density at radius 1 is 1.00 bits per heavy atom. The monoisotopic (exact) mass is 424 g/mol. The Kier molecular flexibility index (Phi) is 5.85. The molecule has 0 bridgehead atoms. The lowest BCUT2D eigenvalue weighted by atomic mass is 9.96. The number of aliphatic imine (C=N–C) groups is 1. The molecule has 32 heavy (non-hydrogen) atoms. The molecule has 0 spiro atoms. The van der Waals surface area contributed by atoms with Gasteiger partial charge in [0.1, 0.15) is 0 Å². The van der Waals surface area contributed by atoms with Gasteiger partial charge >= 0.3 is 0 Å². The Labute approximate surface area is 189 Å². The minimum atomic E-state index is 0.675. The molecule has 1 fully saturated rings. The van der Waals surface area contributed by atoms with Gasteiger partial charge in [0.2, 0.25) is 0 Å². The number of rotatable bonds is 5. The minimum absolute atomic E-state index is 0.675. The van der Waals surface area contributed by atoms with Crippen LogP contribution in [0.3, 0.4) is 0 Å². The zero-order valence-corrected chi connectivity index (χ0v) is 18.4. The molecule has 0 atom stereocenters. The van der Waals surface area contributed by atoms with Crippen LogP contribution in [0, 0.1) is 0 Å². The number of piperazine rings is 1. The van der Waals surface area contributed by atoms with Crippen LogP contribution >= 0.6 is 0 Å². The van der Waals surface area contributed by atoms with Gasteiger partial charge in [0.05, 0.1) is 12.9 Å². The summed E-state index contributed by atoms with van der Waals surface area (Å²) in [6, 6.07) is 15.2. The van der Waals surface area contributed by atoms with Gasteiger partial charge in [0.15, 0.2) is 0 Å². The molecule has 0 saturated carbocycles. The Balaban J connectivity index is 1.30. The van der Waals surface area contributed by atoms with Gasteiger partial charge in [-0.15, -0.1) is 0 Å². The first-order valence-electron chi connectivity index (χ1n) is 11.0. The van der Waals surface area contributed by atoms with E-state index in [0.717, 1.165) is 43.0 Å². The molecule has 162 valence electrons. The van der Waals surface area contributed by atoms with E-state index in [0.29, 0.717) is 6.54 Å². The smallest absolute Gasteiger partial charge is 0.0986 e. The highest BCUT2D eigenvalue weighted by Gasteiger charge is 2.14. The number of nitrogens with one attached hydrogen (secondary N) is 1. The summed E-state index contributed by atoms with van der Waals surface area (Å²) < 4.78 is 1.94. The third-order valence-corrected chi connectivity index (χ3v) is 6.03. The number of benzene rings is 2. The molecule has 3 heterocycles. The summed E-state index contributed by atoms with van der Waals surface area (Å²) >= 11 is 0. The fourth-order valence-corrected chi connectivity index (χ4v) is 4.05. The zero-order chi connectivity index (χ0) is 21.8. The first kappa shape index (κ1) is 20.3. The summed E-state index contributed by atoms with van der Waals surface area (Å²) in [5.41, 5.74) is 7.07. The van der Waals surface area contributed by atoms with Crippen molar-refractivity contribution in [2.45, 2.75) is 0 Å². The number of imidazole rings is 1. The van der Waals surface area contributed by atoms with Crippen molar-refractivity contribution in [3.05, 3.63) is 84.1 Å². The van der Waals surface area contributed by atoms with E-state index in [1.54, 1.807) is 12.5 Å². The summed E-state index contributed by atoms with van der Waals surface area (Å²) in [5.74, 6) is 0. The van der Waals surface area contributed by atoms with Crippen molar-refractivity contribution >= 4 is 35.4 Å². The van der Waals surface area contributed by atoms with Gasteiger partial charge in [-0.05, 0) is 65.7 Å². The molecule has 1 N–H and O–H groups in total. The third-order valence-electron chi connectivity index (χ3n) is 6.03. The molecule has 2 aliphatic rings. The lowest BCUT2D eigenvalue weighted by Crippen LogP contribution is -2.44. The highest BCUT2D eigenvalue weighted by atomic mass is 15.2. The molecule has 0 unspecified atom stereocenters. The second kappa shape index (κ2) is 9.24. The standard InChI is InChI=1S/C26H28N6/c1-30-12-14-32(15-13-30)25-6-4-24(5-7-25)29-19-23-18-28-17-22-3-2-21(16-26(22)23)8-10-31-11-9-27-20-31/h2-11,16-17,19-20,29H,12-15,18H2,1H3. The van der Waals surface area contributed by atoms with Gasteiger partial charge in [0.25, 0.3) is 0 Å². The van der Waals surface area contributed by atoms with Crippen molar-refractivity contribution < 1.29 is 0 Å². The minimum Gasteiger partial charge on any atom is -0.369 e. The van der Waals surface area contributed by atoms with Crippen LogP contribution in [0.25, 0.3) is 17.8 Å². The van der Waals surface area contributed by atoms with Crippen LogP contribution in [0.4, 0.5) is 11.4 Å². The second-order valence-corrected chi connectivity index (χ2v) is 8.29. The fraction of sp³-hybridized carbons (Fsp3) is 0.231. The van der Waals surface area contributed by atoms with Crippen LogP contribution in [0.2, 0.25) is 0 Å². The molecule has 2 aliphatic heterocycles. The van der Waals surface area contributed by atoms with E-state index in [4.69, 9.17) is 0 Å². The largest absolute Gasteiger partial charge is 0.369 e. The molecular formula is C26H28N6. The van der Waals surface area contributed by atoms with E-state index in [-0.39, 0.29) is 0 Å². The number of aromatic nitrogens is 2. The van der Waals surface area contributed by atoms with Crippen LogP contribution in [-0.4, -0.2) is 60.4 Å². The Hall–Kier alpha value is -3.64. The van der Waals surface area contributed by atoms with Gasteiger partial charge in [-0.1, -0.05) is 12.1 Å². The Morgan fingerprint density at radius 2 is 1.84 bits per heavy atom. The van der Waals surface area contributed by atoms with E-state index < -0.39 is 0 Å². The molecule has 0 aliphatic carbocycles. The average molecular weight is 425 g/mol. The van der Waals surface area contributed by atoms with Crippen LogP contribution in [0.15, 0.2) is 72.4 Å². The molecular weight excluding hydrogens is 396 g/mol. The van der Waals surface area contributed by atoms with Gasteiger partial charge in [-0.3, -0.25) is 4.99 Å². The second-order valence-electron chi connectivity index (χ2n) is 8.29. The van der Waals surface area contributed by atoms with Gasteiger partial charge in [-0.25, -0.2) is 4.98 Å². The van der Waals surface area contributed by atoms with Gasteiger partial charge in [0, 0.05) is 68.6 Å². The predicted octanol–water partition coefficient (Wildman–Crippen LogP) is 4.15. The molecule has 6 nitrogen and oxygen atoms in total. The Morgan fingerprint density at radius 3 is 2.62 bits per heavy atom. The molecule has 0 radical (unpaired) electrons. The fourth-order valence-electron chi connectivity index (χ4n) is 4.05. The SMILES string of the molecule is CN1CCN(c2ccc(NC=C3CN=Cc4ccc(C=Cn5ccnc5)cc43)cc2)CC1. The zero-order valence-electron chi connectivity index (χ0n) is 18.4. The van der Waals surface area contributed by atoms with Crippen molar-refractivity contribution in [3.63, 3.8) is 0 Å². The topological polar surface area (TPSA) is 48.7 Å². The van der Waals surface area contributed by atoms with Crippen molar-refractivity contribution in [3.8, 4) is 0 Å². The predicted molar refractivity (Wildman–Crippen MR) is 134 cm³/mol. The summed E-state index contributed by atoms with van der Waals surface area (Å²) in [4.78, 5) is 13.4. The lowest BCUT2D eigenvalue weighted by molar-refractivity contribution is 0.313. The third kappa shape index (κ3) is 4.65. The van der Waals surface area contributed by atoms with Crippen LogP contribution in [0.1, 0.15) is 16.7 Å². The number of hydrogen-bond acceptors (Lipinski definition) is 5. The normalized spacial score (nSPS) is 17.8. The van der Waals surface area contributed by atoms with Crippen molar-refractivity contribution in [1.29, 1.82) is 0 Å². The number of anilines is 2.